The lowest BCUT2D eigenvalue weighted by molar-refractivity contribution is 0.0583. The minimum atomic E-state index is 0.330. The third-order valence-electron chi connectivity index (χ3n) is 2.65. The Bertz CT molecular complexity index is 152. The summed E-state index contributed by atoms with van der Waals surface area (Å²) in [4.78, 5) is 0. The van der Waals surface area contributed by atoms with E-state index in [-0.39, 0.29) is 0 Å². The highest BCUT2D eigenvalue weighted by molar-refractivity contribution is 4.81. The Morgan fingerprint density at radius 1 is 1.36 bits per heavy atom. The average molecular weight is 199 g/mol. The summed E-state index contributed by atoms with van der Waals surface area (Å²) in [7, 11) is 0. The second kappa shape index (κ2) is 5.72. The maximum Gasteiger partial charge on any atom is 0.0517 e. The van der Waals surface area contributed by atoms with Crippen molar-refractivity contribution in [1.29, 1.82) is 0 Å². The van der Waals surface area contributed by atoms with Crippen molar-refractivity contribution in [3.63, 3.8) is 0 Å². The van der Waals surface area contributed by atoms with Crippen LogP contribution in [0.5, 0.6) is 0 Å². The third kappa shape index (κ3) is 5.61. The Kier molecular flexibility index (Phi) is 4.90. The van der Waals surface area contributed by atoms with E-state index in [9.17, 15) is 0 Å². The average Bonchev–Trinajstić information content (AvgIpc) is 2.88. The van der Waals surface area contributed by atoms with E-state index >= 15 is 0 Å². The van der Waals surface area contributed by atoms with E-state index in [2.05, 4.69) is 26.1 Å². The first kappa shape index (κ1) is 12.0. The predicted octanol–water partition coefficient (Wildman–Crippen LogP) is 2.58. The van der Waals surface area contributed by atoms with Gasteiger partial charge in [-0.25, -0.2) is 0 Å². The van der Waals surface area contributed by atoms with E-state index in [1.165, 1.54) is 19.3 Å². The molecule has 0 atom stereocenters. The molecule has 0 aromatic rings. The second-order valence-corrected chi connectivity index (χ2v) is 5.20. The molecule has 0 bridgehead atoms. The highest BCUT2D eigenvalue weighted by Crippen LogP contribution is 2.22. The third-order valence-corrected chi connectivity index (χ3v) is 2.65. The molecule has 0 saturated heterocycles. The van der Waals surface area contributed by atoms with Crippen LogP contribution in [0.4, 0.5) is 0 Å². The molecule has 0 unspecified atom stereocenters. The molecule has 1 fully saturated rings. The van der Waals surface area contributed by atoms with Crippen molar-refractivity contribution in [2.45, 2.75) is 52.5 Å². The zero-order chi connectivity index (χ0) is 10.4. The minimum Gasteiger partial charge on any atom is -0.381 e. The summed E-state index contributed by atoms with van der Waals surface area (Å²) in [6.45, 7) is 9.68. The van der Waals surface area contributed by atoms with Crippen LogP contribution in [0.15, 0.2) is 0 Å². The lowest BCUT2D eigenvalue weighted by atomic mass is 9.90. The summed E-state index contributed by atoms with van der Waals surface area (Å²) in [5, 5.41) is 3.55. The summed E-state index contributed by atoms with van der Waals surface area (Å²) in [5.74, 6) is 0. The Labute approximate surface area is 88.4 Å². The highest BCUT2D eigenvalue weighted by atomic mass is 16.5. The van der Waals surface area contributed by atoms with Crippen molar-refractivity contribution in [3.8, 4) is 0 Å². The minimum absolute atomic E-state index is 0.330. The topological polar surface area (TPSA) is 21.3 Å². The summed E-state index contributed by atoms with van der Waals surface area (Å²) in [6.07, 6.45) is 5.10. The van der Waals surface area contributed by atoms with Crippen LogP contribution in [-0.4, -0.2) is 25.8 Å². The largest absolute Gasteiger partial charge is 0.381 e. The maximum absolute atomic E-state index is 5.59. The molecule has 0 aromatic heterocycles. The maximum atomic E-state index is 5.59. The fourth-order valence-corrected chi connectivity index (χ4v) is 1.47. The molecule has 0 spiro atoms. The monoisotopic (exact) mass is 199 g/mol. The molecule has 0 aliphatic heterocycles. The number of ether oxygens (including phenoxy) is 1. The van der Waals surface area contributed by atoms with E-state index in [0.29, 0.717) is 5.41 Å². The van der Waals surface area contributed by atoms with Crippen molar-refractivity contribution >= 4 is 0 Å². The van der Waals surface area contributed by atoms with Gasteiger partial charge in [0.25, 0.3) is 0 Å². The van der Waals surface area contributed by atoms with Gasteiger partial charge < -0.3 is 10.1 Å². The first-order chi connectivity index (χ1) is 6.64. The van der Waals surface area contributed by atoms with Crippen LogP contribution in [0.1, 0.15) is 46.5 Å². The molecule has 0 aromatic carbocycles. The SMILES string of the molecule is CCCOCC(C)(C)CCNC1CC1. The van der Waals surface area contributed by atoms with Gasteiger partial charge in [0.15, 0.2) is 0 Å². The van der Waals surface area contributed by atoms with E-state index in [1.807, 2.05) is 0 Å². The molecule has 1 N–H and O–H groups in total. The summed E-state index contributed by atoms with van der Waals surface area (Å²) >= 11 is 0. The fraction of sp³-hybridized carbons (Fsp3) is 1.00. The van der Waals surface area contributed by atoms with E-state index in [1.54, 1.807) is 0 Å². The quantitative estimate of drug-likeness (QED) is 0.607. The smallest absolute Gasteiger partial charge is 0.0517 e. The summed E-state index contributed by atoms with van der Waals surface area (Å²) in [5.41, 5.74) is 0.330. The van der Waals surface area contributed by atoms with Gasteiger partial charge in [0, 0.05) is 12.6 Å². The van der Waals surface area contributed by atoms with Gasteiger partial charge in [0.2, 0.25) is 0 Å². The number of hydrogen-bond donors (Lipinski definition) is 1. The fourth-order valence-electron chi connectivity index (χ4n) is 1.47. The van der Waals surface area contributed by atoms with Crippen molar-refractivity contribution in [1.82, 2.24) is 5.32 Å². The van der Waals surface area contributed by atoms with Gasteiger partial charge in [-0.05, 0) is 37.6 Å². The molecule has 2 heteroatoms. The van der Waals surface area contributed by atoms with Gasteiger partial charge in [0.1, 0.15) is 0 Å². The molecule has 2 nitrogen and oxygen atoms in total. The molecular formula is C12H25NO. The molecule has 0 heterocycles. The van der Waals surface area contributed by atoms with Gasteiger partial charge in [0.05, 0.1) is 6.61 Å². The van der Waals surface area contributed by atoms with Gasteiger partial charge in [-0.1, -0.05) is 20.8 Å². The lowest BCUT2D eigenvalue weighted by Crippen LogP contribution is -2.27. The summed E-state index contributed by atoms with van der Waals surface area (Å²) in [6, 6.07) is 0.836. The predicted molar refractivity (Wildman–Crippen MR) is 60.5 cm³/mol. The standard InChI is InChI=1S/C12H25NO/c1-4-9-14-10-12(2,3)7-8-13-11-5-6-11/h11,13H,4-10H2,1-3H3. The van der Waals surface area contributed by atoms with E-state index in [0.717, 1.165) is 32.2 Å². The Balaban J connectivity index is 1.99. The molecule has 1 aliphatic carbocycles. The highest BCUT2D eigenvalue weighted by Gasteiger charge is 2.22. The number of hydrogen-bond acceptors (Lipinski definition) is 2. The zero-order valence-electron chi connectivity index (χ0n) is 9.94. The first-order valence-electron chi connectivity index (χ1n) is 5.95. The molecule has 84 valence electrons. The van der Waals surface area contributed by atoms with Gasteiger partial charge >= 0.3 is 0 Å². The lowest BCUT2D eigenvalue weighted by Gasteiger charge is -2.24. The normalized spacial score (nSPS) is 17.4. The first-order valence-corrected chi connectivity index (χ1v) is 5.95. The second-order valence-electron chi connectivity index (χ2n) is 5.20. The molecule has 1 aliphatic rings. The Hall–Kier alpha value is -0.0800. The van der Waals surface area contributed by atoms with Crippen LogP contribution in [0.3, 0.4) is 0 Å². The van der Waals surface area contributed by atoms with E-state index < -0.39 is 0 Å². The van der Waals surface area contributed by atoms with Crippen LogP contribution < -0.4 is 5.32 Å². The van der Waals surface area contributed by atoms with Crippen molar-refractivity contribution in [3.05, 3.63) is 0 Å². The van der Waals surface area contributed by atoms with Crippen LogP contribution >= 0.6 is 0 Å². The van der Waals surface area contributed by atoms with E-state index in [4.69, 9.17) is 4.74 Å². The number of nitrogens with one attached hydrogen (secondary N) is 1. The Morgan fingerprint density at radius 2 is 2.07 bits per heavy atom. The zero-order valence-corrected chi connectivity index (χ0v) is 9.94. The molecule has 14 heavy (non-hydrogen) atoms. The van der Waals surface area contributed by atoms with Gasteiger partial charge in [-0.2, -0.15) is 0 Å². The van der Waals surface area contributed by atoms with Crippen LogP contribution in [0.2, 0.25) is 0 Å². The number of rotatable bonds is 8. The van der Waals surface area contributed by atoms with Crippen molar-refractivity contribution in [2.24, 2.45) is 5.41 Å². The van der Waals surface area contributed by atoms with Crippen LogP contribution in [0, 0.1) is 5.41 Å². The van der Waals surface area contributed by atoms with Gasteiger partial charge in [-0.15, -0.1) is 0 Å². The molecule has 1 rings (SSSR count). The Morgan fingerprint density at radius 3 is 2.64 bits per heavy atom. The molecular weight excluding hydrogens is 174 g/mol. The molecule has 1 saturated carbocycles. The molecule has 0 amide bonds. The van der Waals surface area contributed by atoms with Crippen LogP contribution in [-0.2, 0) is 4.74 Å². The van der Waals surface area contributed by atoms with Crippen LogP contribution in [0.25, 0.3) is 0 Å². The molecule has 0 radical (unpaired) electrons. The van der Waals surface area contributed by atoms with Gasteiger partial charge in [-0.3, -0.25) is 0 Å². The van der Waals surface area contributed by atoms with Crippen molar-refractivity contribution in [2.75, 3.05) is 19.8 Å². The van der Waals surface area contributed by atoms with Crippen molar-refractivity contribution < 1.29 is 4.74 Å². The summed E-state index contributed by atoms with van der Waals surface area (Å²) < 4.78 is 5.59.